The molecule has 6 heteroatoms. The van der Waals surface area contributed by atoms with Crippen LogP contribution in [0.15, 0.2) is 30.3 Å². The summed E-state index contributed by atoms with van der Waals surface area (Å²) in [5.74, 6) is -2.41. The van der Waals surface area contributed by atoms with Crippen LogP contribution in [0.4, 0.5) is 0 Å². The SMILES string of the molecule is CCC(CCc1ccccc1)NC(C)C(=O)N1C(=O)C(C)CC1C(=O)O. The largest absolute Gasteiger partial charge is 0.480 e. The molecule has 1 heterocycles. The summed E-state index contributed by atoms with van der Waals surface area (Å²) in [5, 5.41) is 12.6. The monoisotopic (exact) mass is 360 g/mol. The Morgan fingerprint density at radius 2 is 1.96 bits per heavy atom. The Morgan fingerprint density at radius 3 is 2.54 bits per heavy atom. The number of rotatable bonds is 8. The predicted molar refractivity (Wildman–Crippen MR) is 98.5 cm³/mol. The zero-order valence-electron chi connectivity index (χ0n) is 15.6. The van der Waals surface area contributed by atoms with E-state index in [0.717, 1.165) is 24.2 Å². The first kappa shape index (κ1) is 20.1. The highest BCUT2D eigenvalue weighted by atomic mass is 16.4. The Kier molecular flexibility index (Phi) is 6.91. The first-order valence-electron chi connectivity index (χ1n) is 9.24. The maximum absolute atomic E-state index is 12.7. The van der Waals surface area contributed by atoms with Crippen LogP contribution in [-0.4, -0.2) is 45.9 Å². The molecule has 4 atom stereocenters. The number of hydrogen-bond donors (Lipinski definition) is 2. The van der Waals surface area contributed by atoms with Crippen LogP contribution in [-0.2, 0) is 20.8 Å². The molecular weight excluding hydrogens is 332 g/mol. The van der Waals surface area contributed by atoms with Crippen LogP contribution in [0, 0.1) is 5.92 Å². The molecular formula is C20H28N2O4. The van der Waals surface area contributed by atoms with Gasteiger partial charge in [0.25, 0.3) is 0 Å². The molecule has 0 spiro atoms. The topological polar surface area (TPSA) is 86.7 Å². The number of aliphatic carboxylic acids is 1. The highest BCUT2D eigenvalue weighted by Gasteiger charge is 2.45. The molecule has 1 saturated heterocycles. The molecule has 1 aromatic carbocycles. The van der Waals surface area contributed by atoms with E-state index in [1.165, 1.54) is 5.56 Å². The van der Waals surface area contributed by atoms with Gasteiger partial charge in [0.15, 0.2) is 0 Å². The van der Waals surface area contributed by atoms with Gasteiger partial charge < -0.3 is 10.4 Å². The fourth-order valence-corrected chi connectivity index (χ4v) is 3.43. The minimum Gasteiger partial charge on any atom is -0.480 e. The number of imide groups is 1. The molecule has 6 nitrogen and oxygen atoms in total. The van der Waals surface area contributed by atoms with E-state index < -0.39 is 35.8 Å². The van der Waals surface area contributed by atoms with Crippen LogP contribution in [0.25, 0.3) is 0 Å². The summed E-state index contributed by atoms with van der Waals surface area (Å²) < 4.78 is 0. The smallest absolute Gasteiger partial charge is 0.326 e. The molecule has 0 bridgehead atoms. The molecule has 1 fully saturated rings. The summed E-state index contributed by atoms with van der Waals surface area (Å²) in [6.07, 6.45) is 2.78. The Balaban J connectivity index is 1.97. The van der Waals surface area contributed by atoms with Crippen molar-refractivity contribution in [2.24, 2.45) is 5.92 Å². The van der Waals surface area contributed by atoms with Crippen molar-refractivity contribution in [3.05, 3.63) is 35.9 Å². The van der Waals surface area contributed by atoms with Gasteiger partial charge in [-0.3, -0.25) is 14.5 Å². The van der Waals surface area contributed by atoms with Crippen molar-refractivity contribution >= 4 is 17.8 Å². The highest BCUT2D eigenvalue weighted by molar-refractivity contribution is 6.04. The van der Waals surface area contributed by atoms with Crippen molar-refractivity contribution < 1.29 is 19.5 Å². The van der Waals surface area contributed by atoms with Crippen molar-refractivity contribution in [3.63, 3.8) is 0 Å². The third kappa shape index (κ3) is 4.69. The zero-order valence-corrected chi connectivity index (χ0v) is 15.6. The molecule has 0 aliphatic carbocycles. The van der Waals surface area contributed by atoms with Gasteiger partial charge in [-0.2, -0.15) is 0 Å². The average molecular weight is 360 g/mol. The molecule has 0 radical (unpaired) electrons. The Bertz CT molecular complexity index is 646. The second-order valence-corrected chi connectivity index (χ2v) is 7.06. The van der Waals surface area contributed by atoms with Crippen LogP contribution in [0.1, 0.15) is 45.6 Å². The van der Waals surface area contributed by atoms with E-state index in [-0.39, 0.29) is 12.5 Å². The summed E-state index contributed by atoms with van der Waals surface area (Å²) in [4.78, 5) is 37.3. The molecule has 2 rings (SSSR count). The number of amides is 2. The second kappa shape index (κ2) is 8.94. The lowest BCUT2D eigenvalue weighted by Crippen LogP contribution is -2.53. The van der Waals surface area contributed by atoms with Crippen LogP contribution in [0.2, 0.25) is 0 Å². The molecule has 142 valence electrons. The van der Waals surface area contributed by atoms with Crippen LogP contribution < -0.4 is 5.32 Å². The molecule has 2 amide bonds. The first-order chi connectivity index (χ1) is 12.3. The molecule has 26 heavy (non-hydrogen) atoms. The van der Waals surface area contributed by atoms with Crippen molar-refractivity contribution in [1.29, 1.82) is 0 Å². The zero-order chi connectivity index (χ0) is 19.3. The number of nitrogens with zero attached hydrogens (tertiary/aromatic N) is 1. The predicted octanol–water partition coefficient (Wildman–Crippen LogP) is 2.22. The third-order valence-corrected chi connectivity index (χ3v) is 5.04. The Labute approximate surface area is 154 Å². The number of carbonyl (C=O) groups excluding carboxylic acids is 2. The van der Waals surface area contributed by atoms with E-state index >= 15 is 0 Å². The van der Waals surface area contributed by atoms with E-state index in [1.807, 2.05) is 25.1 Å². The molecule has 1 aliphatic heterocycles. The van der Waals surface area contributed by atoms with Gasteiger partial charge in [0.1, 0.15) is 6.04 Å². The number of likely N-dealkylation sites (tertiary alicyclic amines) is 1. The number of aryl methyl sites for hydroxylation is 1. The average Bonchev–Trinajstić information content (AvgIpc) is 2.94. The summed E-state index contributed by atoms with van der Waals surface area (Å²) >= 11 is 0. The van der Waals surface area contributed by atoms with Gasteiger partial charge >= 0.3 is 5.97 Å². The summed E-state index contributed by atoms with van der Waals surface area (Å²) in [5.41, 5.74) is 1.24. The molecule has 1 aliphatic rings. The first-order valence-corrected chi connectivity index (χ1v) is 9.24. The second-order valence-electron chi connectivity index (χ2n) is 7.06. The van der Waals surface area contributed by atoms with Gasteiger partial charge in [-0.15, -0.1) is 0 Å². The number of nitrogens with one attached hydrogen (secondary N) is 1. The third-order valence-electron chi connectivity index (χ3n) is 5.04. The number of benzene rings is 1. The van der Waals surface area contributed by atoms with E-state index in [0.29, 0.717) is 0 Å². The normalized spacial score (nSPS) is 22.3. The lowest BCUT2D eigenvalue weighted by molar-refractivity contribution is -0.155. The lowest BCUT2D eigenvalue weighted by atomic mass is 10.0. The van der Waals surface area contributed by atoms with Gasteiger partial charge in [-0.25, -0.2) is 4.79 Å². The van der Waals surface area contributed by atoms with Crippen molar-refractivity contribution in [1.82, 2.24) is 10.2 Å². The van der Waals surface area contributed by atoms with E-state index in [1.54, 1.807) is 13.8 Å². The fraction of sp³-hybridized carbons (Fsp3) is 0.550. The Morgan fingerprint density at radius 1 is 1.31 bits per heavy atom. The standard InChI is InChI=1S/C20H28N2O4/c1-4-16(11-10-15-8-6-5-7-9-15)21-14(3)19(24)22-17(20(25)26)12-13(2)18(22)23/h5-9,13-14,16-17,21H,4,10-12H2,1-3H3,(H,25,26). The minimum atomic E-state index is -1.13. The molecule has 0 saturated carbocycles. The van der Waals surface area contributed by atoms with Gasteiger partial charge in [0.2, 0.25) is 11.8 Å². The van der Waals surface area contributed by atoms with Crippen molar-refractivity contribution in [2.45, 2.75) is 64.6 Å². The number of carboxylic acids is 1. The van der Waals surface area contributed by atoms with Gasteiger partial charge in [-0.1, -0.05) is 44.2 Å². The summed E-state index contributed by atoms with van der Waals surface area (Å²) in [6, 6.07) is 8.58. The maximum atomic E-state index is 12.7. The number of carbonyl (C=O) groups is 3. The number of hydrogen-bond acceptors (Lipinski definition) is 4. The molecule has 4 unspecified atom stereocenters. The number of carboxylic acid groups (broad SMARTS) is 1. The summed E-state index contributed by atoms with van der Waals surface area (Å²) in [6.45, 7) is 5.41. The van der Waals surface area contributed by atoms with Gasteiger partial charge in [-0.05, 0) is 38.2 Å². The molecule has 0 aromatic heterocycles. The van der Waals surface area contributed by atoms with Crippen molar-refractivity contribution in [2.75, 3.05) is 0 Å². The highest BCUT2D eigenvalue weighted by Crippen LogP contribution is 2.25. The quantitative estimate of drug-likeness (QED) is 0.742. The van der Waals surface area contributed by atoms with Crippen molar-refractivity contribution in [3.8, 4) is 0 Å². The van der Waals surface area contributed by atoms with E-state index in [2.05, 4.69) is 17.4 Å². The minimum absolute atomic E-state index is 0.118. The van der Waals surface area contributed by atoms with Crippen LogP contribution >= 0.6 is 0 Å². The Hall–Kier alpha value is -2.21. The van der Waals surface area contributed by atoms with Gasteiger partial charge in [0.05, 0.1) is 6.04 Å². The summed E-state index contributed by atoms with van der Waals surface area (Å²) in [7, 11) is 0. The molecule has 1 aromatic rings. The van der Waals surface area contributed by atoms with Crippen LogP contribution in [0.5, 0.6) is 0 Å². The molecule has 2 N–H and O–H groups in total. The van der Waals surface area contributed by atoms with Crippen LogP contribution in [0.3, 0.4) is 0 Å². The maximum Gasteiger partial charge on any atom is 0.326 e. The lowest BCUT2D eigenvalue weighted by Gasteiger charge is -2.27. The van der Waals surface area contributed by atoms with Gasteiger partial charge in [0, 0.05) is 12.0 Å². The van der Waals surface area contributed by atoms with E-state index in [4.69, 9.17) is 0 Å². The fourth-order valence-electron chi connectivity index (χ4n) is 3.43. The van der Waals surface area contributed by atoms with E-state index in [9.17, 15) is 19.5 Å².